The molecule has 0 saturated carbocycles. The molecule has 5 nitrogen and oxygen atoms in total. The van der Waals surface area contributed by atoms with E-state index in [4.69, 9.17) is 9.47 Å². The lowest BCUT2D eigenvalue weighted by Crippen LogP contribution is -2.52. The van der Waals surface area contributed by atoms with Crippen LogP contribution in [0.3, 0.4) is 0 Å². The van der Waals surface area contributed by atoms with Gasteiger partial charge in [0.2, 0.25) is 0 Å². The van der Waals surface area contributed by atoms with Crippen LogP contribution in [0, 0.1) is 11.6 Å². The fourth-order valence-electron chi connectivity index (χ4n) is 2.38. The van der Waals surface area contributed by atoms with Crippen molar-refractivity contribution in [2.24, 2.45) is 0 Å². The van der Waals surface area contributed by atoms with Gasteiger partial charge in [0.25, 0.3) is 0 Å². The van der Waals surface area contributed by atoms with Crippen LogP contribution in [0.1, 0.15) is 32.4 Å². The van der Waals surface area contributed by atoms with Gasteiger partial charge >= 0.3 is 6.09 Å². The summed E-state index contributed by atoms with van der Waals surface area (Å²) < 4.78 is 37.8. The Morgan fingerprint density at radius 2 is 2.13 bits per heavy atom. The minimum absolute atomic E-state index is 0.0103. The molecule has 1 aliphatic rings. The van der Waals surface area contributed by atoms with E-state index in [2.05, 4.69) is 0 Å². The van der Waals surface area contributed by atoms with Crippen LogP contribution >= 0.6 is 0 Å². The van der Waals surface area contributed by atoms with Crippen molar-refractivity contribution in [2.75, 3.05) is 19.8 Å². The first kappa shape index (κ1) is 17.6. The predicted molar refractivity (Wildman–Crippen MR) is 78.9 cm³/mol. The van der Waals surface area contributed by atoms with Crippen molar-refractivity contribution in [1.82, 2.24) is 4.90 Å². The Hall–Kier alpha value is -1.73. The van der Waals surface area contributed by atoms with Crippen LogP contribution in [-0.4, -0.2) is 47.5 Å². The van der Waals surface area contributed by atoms with Crippen LogP contribution in [0.5, 0.6) is 0 Å². The first-order valence-corrected chi connectivity index (χ1v) is 7.39. The molecule has 1 aromatic carbocycles. The number of ether oxygens (including phenoxy) is 2. The number of aliphatic hydroxyl groups is 1. The number of aliphatic hydroxyl groups excluding tert-OH is 1. The van der Waals surface area contributed by atoms with Crippen LogP contribution in [-0.2, 0) is 9.47 Å². The Labute approximate surface area is 133 Å². The standard InChI is InChI=1S/C16H21F2NO4/c1-16(2,3)23-15(21)19-6-7-22-9-13(19)14(20)11-8-10(17)4-5-12(11)18/h4-5,8,13-14,20H,6-7,9H2,1-3H3. The quantitative estimate of drug-likeness (QED) is 0.906. The Kier molecular flexibility index (Phi) is 5.21. The molecule has 0 spiro atoms. The van der Waals surface area contributed by atoms with Gasteiger partial charge in [-0.15, -0.1) is 0 Å². The Bertz CT molecular complexity index is 574. The van der Waals surface area contributed by atoms with Crippen molar-refractivity contribution in [3.8, 4) is 0 Å². The van der Waals surface area contributed by atoms with Gasteiger partial charge in [-0.3, -0.25) is 4.90 Å². The highest BCUT2D eigenvalue weighted by molar-refractivity contribution is 5.69. The minimum atomic E-state index is -1.42. The third kappa shape index (κ3) is 4.39. The maximum atomic E-state index is 13.9. The summed E-state index contributed by atoms with van der Waals surface area (Å²) in [5, 5.41) is 10.4. The number of nitrogens with zero attached hydrogens (tertiary/aromatic N) is 1. The maximum Gasteiger partial charge on any atom is 0.410 e. The van der Waals surface area contributed by atoms with Gasteiger partial charge in [0.05, 0.1) is 19.3 Å². The van der Waals surface area contributed by atoms with E-state index in [0.29, 0.717) is 0 Å². The summed E-state index contributed by atoms with van der Waals surface area (Å²) in [5.41, 5.74) is -0.913. The number of rotatable bonds is 2. The number of hydrogen-bond acceptors (Lipinski definition) is 4. The molecular weight excluding hydrogens is 308 g/mol. The zero-order valence-corrected chi connectivity index (χ0v) is 13.4. The highest BCUT2D eigenvalue weighted by Crippen LogP contribution is 2.27. The lowest BCUT2D eigenvalue weighted by molar-refractivity contribution is -0.0679. The Balaban J connectivity index is 2.23. The summed E-state index contributed by atoms with van der Waals surface area (Å²) in [7, 11) is 0. The maximum absolute atomic E-state index is 13.9. The third-order valence-corrected chi connectivity index (χ3v) is 3.43. The molecule has 0 aromatic heterocycles. The van der Waals surface area contributed by atoms with Gasteiger partial charge in [0.1, 0.15) is 23.3 Å². The van der Waals surface area contributed by atoms with E-state index >= 15 is 0 Å². The first-order chi connectivity index (χ1) is 10.7. The lowest BCUT2D eigenvalue weighted by atomic mass is 10.00. The third-order valence-electron chi connectivity index (χ3n) is 3.43. The summed E-state index contributed by atoms with van der Waals surface area (Å²) in [4.78, 5) is 13.6. The molecule has 1 heterocycles. The molecule has 2 rings (SSSR count). The molecule has 1 aliphatic heterocycles. The van der Waals surface area contributed by atoms with Gasteiger partial charge in [-0.05, 0) is 39.0 Å². The van der Waals surface area contributed by atoms with Crippen molar-refractivity contribution in [3.63, 3.8) is 0 Å². The van der Waals surface area contributed by atoms with Crippen LogP contribution < -0.4 is 0 Å². The van der Waals surface area contributed by atoms with Gasteiger partial charge in [0, 0.05) is 12.1 Å². The zero-order chi connectivity index (χ0) is 17.2. The van der Waals surface area contributed by atoms with E-state index < -0.39 is 35.5 Å². The second kappa shape index (κ2) is 6.80. The topological polar surface area (TPSA) is 59.0 Å². The van der Waals surface area contributed by atoms with Crippen LogP contribution in [0.15, 0.2) is 18.2 Å². The van der Waals surface area contributed by atoms with Gasteiger partial charge in [-0.2, -0.15) is 0 Å². The van der Waals surface area contributed by atoms with Crippen LogP contribution in [0.4, 0.5) is 13.6 Å². The van der Waals surface area contributed by atoms with Crippen molar-refractivity contribution < 1.29 is 28.2 Å². The Morgan fingerprint density at radius 3 is 2.78 bits per heavy atom. The number of benzene rings is 1. The molecule has 0 bridgehead atoms. The second-order valence-electron chi connectivity index (χ2n) is 6.43. The van der Waals surface area contributed by atoms with E-state index in [0.717, 1.165) is 18.2 Å². The molecule has 1 N–H and O–H groups in total. The molecule has 2 unspecified atom stereocenters. The minimum Gasteiger partial charge on any atom is -0.444 e. The van der Waals surface area contributed by atoms with Gasteiger partial charge < -0.3 is 14.6 Å². The molecule has 1 fully saturated rings. The summed E-state index contributed by atoms with van der Waals surface area (Å²) in [5.74, 6) is -1.41. The molecule has 1 saturated heterocycles. The normalized spacial score (nSPS) is 20.3. The van der Waals surface area contributed by atoms with Gasteiger partial charge in [0.15, 0.2) is 0 Å². The largest absolute Gasteiger partial charge is 0.444 e. The van der Waals surface area contributed by atoms with Crippen LogP contribution in [0.25, 0.3) is 0 Å². The van der Waals surface area contributed by atoms with Crippen molar-refractivity contribution in [2.45, 2.75) is 38.5 Å². The van der Waals surface area contributed by atoms with Crippen molar-refractivity contribution in [3.05, 3.63) is 35.4 Å². The van der Waals surface area contributed by atoms with Crippen LogP contribution in [0.2, 0.25) is 0 Å². The number of carbonyl (C=O) groups is 1. The smallest absolute Gasteiger partial charge is 0.410 e. The molecule has 1 amide bonds. The SMILES string of the molecule is CC(C)(C)OC(=O)N1CCOCC1C(O)c1cc(F)ccc1F. The molecule has 23 heavy (non-hydrogen) atoms. The lowest BCUT2D eigenvalue weighted by Gasteiger charge is -2.38. The van der Waals surface area contributed by atoms with E-state index in [9.17, 15) is 18.7 Å². The monoisotopic (exact) mass is 329 g/mol. The molecule has 0 aliphatic carbocycles. The summed E-state index contributed by atoms with van der Waals surface area (Å²) in [6, 6.07) is 1.97. The predicted octanol–water partition coefficient (Wildman–Crippen LogP) is 2.63. The number of halogens is 2. The molecule has 1 aromatic rings. The zero-order valence-electron chi connectivity index (χ0n) is 13.4. The number of carbonyl (C=O) groups excluding carboxylic acids is 1. The molecule has 0 radical (unpaired) electrons. The summed E-state index contributed by atoms with van der Waals surface area (Å²) in [6.45, 7) is 5.67. The van der Waals surface area contributed by atoms with E-state index in [-0.39, 0.29) is 25.3 Å². The highest BCUT2D eigenvalue weighted by atomic mass is 19.1. The molecule has 2 atom stereocenters. The fourth-order valence-corrected chi connectivity index (χ4v) is 2.38. The van der Waals surface area contributed by atoms with E-state index in [1.165, 1.54) is 4.90 Å². The summed E-state index contributed by atoms with van der Waals surface area (Å²) >= 11 is 0. The molecular formula is C16H21F2NO4. The van der Waals surface area contributed by atoms with Crippen molar-refractivity contribution >= 4 is 6.09 Å². The summed E-state index contributed by atoms with van der Waals surface area (Å²) in [6.07, 6.45) is -2.04. The van der Waals surface area contributed by atoms with Gasteiger partial charge in [-0.1, -0.05) is 0 Å². The molecule has 7 heteroatoms. The average molecular weight is 329 g/mol. The average Bonchev–Trinajstić information content (AvgIpc) is 2.47. The number of hydrogen-bond donors (Lipinski definition) is 1. The Morgan fingerprint density at radius 1 is 1.43 bits per heavy atom. The fraction of sp³-hybridized carbons (Fsp3) is 0.562. The van der Waals surface area contributed by atoms with E-state index in [1.807, 2.05) is 0 Å². The first-order valence-electron chi connectivity index (χ1n) is 7.39. The number of amides is 1. The highest BCUT2D eigenvalue weighted by Gasteiger charge is 2.37. The second-order valence-corrected chi connectivity index (χ2v) is 6.43. The van der Waals surface area contributed by atoms with Crippen molar-refractivity contribution in [1.29, 1.82) is 0 Å². The number of morpholine rings is 1. The molecule has 128 valence electrons. The van der Waals surface area contributed by atoms with E-state index in [1.54, 1.807) is 20.8 Å². The van der Waals surface area contributed by atoms with Gasteiger partial charge in [-0.25, -0.2) is 13.6 Å².